The molecule has 0 aliphatic carbocycles. The van der Waals surface area contributed by atoms with Crippen LogP contribution in [0.4, 0.5) is 0 Å². The number of aromatic carboxylic acids is 2. The molecule has 0 fully saturated rings. The lowest BCUT2D eigenvalue weighted by molar-refractivity contribution is -0.128. The van der Waals surface area contributed by atoms with Gasteiger partial charge in [0.1, 0.15) is 0 Å². The first-order valence-electron chi connectivity index (χ1n) is 6.00. The summed E-state index contributed by atoms with van der Waals surface area (Å²) in [5.41, 5.74) is 0.167. The monoisotopic (exact) mass is 282 g/mol. The first-order chi connectivity index (χ1) is 9.38. The third-order valence-electron chi connectivity index (χ3n) is 2.26. The van der Waals surface area contributed by atoms with Gasteiger partial charge in [0, 0.05) is 0 Å². The van der Waals surface area contributed by atoms with Crippen molar-refractivity contribution in [3.05, 3.63) is 35.4 Å². The van der Waals surface area contributed by atoms with Crippen molar-refractivity contribution in [3.8, 4) is 0 Å². The highest BCUT2D eigenvalue weighted by Gasteiger charge is 2.04. The molecule has 110 valence electrons. The van der Waals surface area contributed by atoms with Crippen molar-refractivity contribution in [2.75, 3.05) is 6.61 Å². The Morgan fingerprint density at radius 2 is 1.50 bits per heavy atom. The molecule has 0 atom stereocenters. The van der Waals surface area contributed by atoms with Crippen LogP contribution < -0.4 is 0 Å². The topological polar surface area (TPSA) is 101 Å². The van der Waals surface area contributed by atoms with Crippen molar-refractivity contribution in [2.45, 2.75) is 20.3 Å². The molecule has 0 aliphatic rings. The highest BCUT2D eigenvalue weighted by atomic mass is 16.5. The summed E-state index contributed by atoms with van der Waals surface area (Å²) in [5.74, 6) is -1.51. The van der Waals surface area contributed by atoms with Crippen molar-refractivity contribution in [1.82, 2.24) is 0 Å². The second-order valence-corrected chi connectivity index (χ2v) is 4.34. The number of rotatable bonds is 6. The molecule has 0 radical (unpaired) electrons. The maximum atomic E-state index is 10.3. The highest BCUT2D eigenvalue weighted by molar-refractivity contribution is 5.91. The predicted octanol–water partition coefficient (Wildman–Crippen LogP) is 2.29. The first kappa shape index (κ1) is 17.6. The van der Waals surface area contributed by atoms with E-state index >= 15 is 0 Å². The van der Waals surface area contributed by atoms with Gasteiger partial charge in [-0.1, -0.05) is 13.8 Å². The molecule has 0 unspecified atom stereocenters. The van der Waals surface area contributed by atoms with Crippen LogP contribution in [-0.2, 0) is 9.53 Å². The Hall–Kier alpha value is -2.37. The Morgan fingerprint density at radius 3 is 1.75 bits per heavy atom. The van der Waals surface area contributed by atoms with Gasteiger partial charge >= 0.3 is 11.9 Å². The van der Waals surface area contributed by atoms with Crippen molar-refractivity contribution in [1.29, 1.82) is 0 Å². The fourth-order valence-corrected chi connectivity index (χ4v) is 1.11. The fraction of sp³-hybridized carbons (Fsp3) is 0.357. The second-order valence-electron chi connectivity index (χ2n) is 4.34. The van der Waals surface area contributed by atoms with Crippen LogP contribution in [-0.4, -0.2) is 35.2 Å². The molecule has 6 heteroatoms. The Bertz CT molecular complexity index is 402. The molecule has 6 nitrogen and oxygen atoms in total. The lowest BCUT2D eigenvalue weighted by Crippen LogP contribution is -1.99. The number of carbonyl (C=O) groups excluding carboxylic acids is 1. The minimum Gasteiger partial charge on any atom is -0.478 e. The summed E-state index contributed by atoms with van der Waals surface area (Å²) in [6.07, 6.45) is 0.957. The molecule has 0 aliphatic heterocycles. The normalized spacial score (nSPS) is 9.35. The Morgan fingerprint density at radius 1 is 1.10 bits per heavy atom. The van der Waals surface area contributed by atoms with E-state index < -0.39 is 11.9 Å². The summed E-state index contributed by atoms with van der Waals surface area (Å²) >= 11 is 0. The molecule has 0 aromatic heterocycles. The number of carboxylic acids is 2. The second kappa shape index (κ2) is 9.55. The van der Waals surface area contributed by atoms with E-state index in [-0.39, 0.29) is 11.1 Å². The minimum absolute atomic E-state index is 0.0833. The molecule has 1 rings (SSSR count). The minimum atomic E-state index is -1.06. The van der Waals surface area contributed by atoms with E-state index in [1.165, 1.54) is 24.3 Å². The molecule has 1 aromatic carbocycles. The summed E-state index contributed by atoms with van der Waals surface area (Å²) in [4.78, 5) is 30.2. The smallest absolute Gasteiger partial charge is 0.335 e. The molecule has 0 saturated carbocycles. The average Bonchev–Trinajstić information content (AvgIpc) is 2.39. The highest BCUT2D eigenvalue weighted by Crippen LogP contribution is 2.03. The zero-order valence-corrected chi connectivity index (χ0v) is 11.4. The van der Waals surface area contributed by atoms with Gasteiger partial charge in [0.2, 0.25) is 0 Å². The van der Waals surface area contributed by atoms with Gasteiger partial charge in [-0.25, -0.2) is 9.59 Å². The van der Waals surface area contributed by atoms with Crippen molar-refractivity contribution < 1.29 is 29.3 Å². The van der Waals surface area contributed by atoms with Crippen molar-refractivity contribution in [3.63, 3.8) is 0 Å². The van der Waals surface area contributed by atoms with Crippen LogP contribution in [0.25, 0.3) is 0 Å². The molecule has 0 saturated heterocycles. The van der Waals surface area contributed by atoms with Crippen LogP contribution in [0.3, 0.4) is 0 Å². The molecular weight excluding hydrogens is 264 g/mol. The van der Waals surface area contributed by atoms with Gasteiger partial charge < -0.3 is 14.9 Å². The zero-order valence-electron chi connectivity index (χ0n) is 11.4. The van der Waals surface area contributed by atoms with E-state index in [1.54, 1.807) is 0 Å². The third-order valence-corrected chi connectivity index (χ3v) is 2.26. The maximum absolute atomic E-state index is 10.3. The molecule has 0 amide bonds. The molecule has 2 N–H and O–H groups in total. The number of hydrogen-bond donors (Lipinski definition) is 2. The van der Waals surface area contributed by atoms with E-state index in [9.17, 15) is 14.4 Å². The van der Waals surface area contributed by atoms with Crippen LogP contribution >= 0.6 is 0 Å². The Kier molecular flexibility index (Phi) is 8.41. The molecular formula is C14H18O6. The van der Waals surface area contributed by atoms with Crippen LogP contribution in [0.15, 0.2) is 24.3 Å². The van der Waals surface area contributed by atoms with Gasteiger partial charge in [-0.15, -0.1) is 0 Å². The maximum Gasteiger partial charge on any atom is 0.335 e. The molecule has 1 aromatic rings. The lowest BCUT2D eigenvalue weighted by atomic mass is 10.1. The van der Waals surface area contributed by atoms with Gasteiger partial charge in [0.05, 0.1) is 17.7 Å². The van der Waals surface area contributed by atoms with Crippen molar-refractivity contribution >= 4 is 18.4 Å². The van der Waals surface area contributed by atoms with Crippen LogP contribution in [0.2, 0.25) is 0 Å². The SMILES string of the molecule is CC(C)CCOC=O.O=C(O)c1ccc(C(=O)O)cc1. The summed E-state index contributed by atoms with van der Waals surface area (Å²) < 4.78 is 4.46. The Balaban J connectivity index is 0.000000396. The van der Waals surface area contributed by atoms with Gasteiger partial charge in [-0.2, -0.15) is 0 Å². The number of ether oxygens (including phenoxy) is 1. The van der Waals surface area contributed by atoms with E-state index in [4.69, 9.17) is 10.2 Å². The molecule has 0 heterocycles. The number of hydrogen-bond acceptors (Lipinski definition) is 4. The van der Waals surface area contributed by atoms with E-state index in [0.717, 1.165) is 6.42 Å². The summed E-state index contributed by atoms with van der Waals surface area (Å²) in [6.45, 7) is 5.23. The third kappa shape index (κ3) is 7.86. The molecule has 0 spiro atoms. The van der Waals surface area contributed by atoms with E-state index in [0.29, 0.717) is 19.0 Å². The van der Waals surface area contributed by atoms with E-state index in [2.05, 4.69) is 18.6 Å². The Labute approximate surface area is 117 Å². The first-order valence-corrected chi connectivity index (χ1v) is 6.00. The quantitative estimate of drug-likeness (QED) is 0.613. The van der Waals surface area contributed by atoms with Crippen LogP contribution in [0, 0.1) is 5.92 Å². The summed E-state index contributed by atoms with van der Waals surface area (Å²) in [5, 5.41) is 16.9. The molecule has 0 bridgehead atoms. The van der Waals surface area contributed by atoms with Gasteiger partial charge in [-0.3, -0.25) is 4.79 Å². The fourth-order valence-electron chi connectivity index (χ4n) is 1.11. The number of carboxylic acid groups (broad SMARTS) is 2. The van der Waals surface area contributed by atoms with Gasteiger partial charge in [-0.05, 0) is 36.6 Å². The number of benzene rings is 1. The standard InChI is InChI=1S/C8H6O4.C6H12O2/c9-7(10)5-1-2-6(4-3-5)8(11)12;1-6(2)3-4-8-5-7/h1-4H,(H,9,10)(H,11,12);5-6H,3-4H2,1-2H3. The molecule has 20 heavy (non-hydrogen) atoms. The van der Waals surface area contributed by atoms with E-state index in [1.807, 2.05) is 0 Å². The largest absolute Gasteiger partial charge is 0.478 e. The van der Waals surface area contributed by atoms with Crippen LogP contribution in [0.5, 0.6) is 0 Å². The van der Waals surface area contributed by atoms with Gasteiger partial charge in [0.25, 0.3) is 6.47 Å². The van der Waals surface area contributed by atoms with Crippen molar-refractivity contribution in [2.24, 2.45) is 5.92 Å². The number of carbonyl (C=O) groups is 3. The van der Waals surface area contributed by atoms with Gasteiger partial charge in [0.15, 0.2) is 0 Å². The summed E-state index contributed by atoms with van der Waals surface area (Å²) in [6, 6.07) is 5.02. The lowest BCUT2D eigenvalue weighted by Gasteiger charge is -2.00. The average molecular weight is 282 g/mol. The van der Waals surface area contributed by atoms with Crippen LogP contribution in [0.1, 0.15) is 41.0 Å². The predicted molar refractivity (Wildman–Crippen MR) is 71.8 cm³/mol. The summed E-state index contributed by atoms with van der Waals surface area (Å²) in [7, 11) is 0. The zero-order chi connectivity index (χ0) is 15.5.